The number of thiol groups is 1. The van der Waals surface area contributed by atoms with Crippen molar-refractivity contribution in [3.63, 3.8) is 0 Å². The highest BCUT2D eigenvalue weighted by molar-refractivity contribution is 7.80. The van der Waals surface area contributed by atoms with Crippen LogP contribution >= 0.6 is 12.6 Å². The summed E-state index contributed by atoms with van der Waals surface area (Å²) in [5, 5.41) is 18.5. The third-order valence-corrected chi connectivity index (χ3v) is 2.33. The van der Waals surface area contributed by atoms with Gasteiger partial charge in [-0.1, -0.05) is 12.1 Å². The lowest BCUT2D eigenvalue weighted by Gasteiger charge is -2.17. The van der Waals surface area contributed by atoms with E-state index in [1.54, 1.807) is 32.0 Å². The summed E-state index contributed by atoms with van der Waals surface area (Å²) in [7, 11) is 0. The van der Waals surface area contributed by atoms with E-state index in [2.05, 4.69) is 18.7 Å². The molecule has 0 aromatic heterocycles. The fraction of sp³-hybridized carbons (Fsp3) is 0.300. The van der Waals surface area contributed by atoms with Crippen LogP contribution in [0.15, 0.2) is 23.1 Å². The predicted molar refractivity (Wildman–Crippen MR) is 54.0 cm³/mol. The van der Waals surface area contributed by atoms with Crippen LogP contribution in [0.4, 0.5) is 0 Å². The minimum atomic E-state index is -0.678. The highest BCUT2D eigenvalue weighted by Gasteiger charge is 2.23. The molecule has 0 spiro atoms. The van der Waals surface area contributed by atoms with E-state index < -0.39 is 5.41 Å². The van der Waals surface area contributed by atoms with Gasteiger partial charge < -0.3 is 5.11 Å². The number of para-hydroxylation sites is 1. The Bertz CT molecular complexity index is 366. The lowest BCUT2D eigenvalue weighted by molar-refractivity contribution is 0.444. The summed E-state index contributed by atoms with van der Waals surface area (Å²) in [5.41, 5.74) is -0.0643. The zero-order valence-electron chi connectivity index (χ0n) is 7.57. The molecule has 1 rings (SSSR count). The Morgan fingerprint density at radius 1 is 1.46 bits per heavy atom. The van der Waals surface area contributed by atoms with E-state index in [-0.39, 0.29) is 5.75 Å². The van der Waals surface area contributed by atoms with Gasteiger partial charge in [-0.25, -0.2) is 0 Å². The monoisotopic (exact) mass is 193 g/mol. The molecule has 1 aromatic rings. The first-order valence-electron chi connectivity index (χ1n) is 3.91. The van der Waals surface area contributed by atoms with Crippen molar-refractivity contribution in [3.05, 3.63) is 23.8 Å². The number of phenols is 1. The first-order chi connectivity index (χ1) is 5.99. The number of benzene rings is 1. The van der Waals surface area contributed by atoms with Crippen LogP contribution in [0, 0.1) is 11.3 Å². The lowest BCUT2D eigenvalue weighted by Crippen LogP contribution is -2.13. The molecule has 0 fully saturated rings. The van der Waals surface area contributed by atoms with Gasteiger partial charge in [-0.05, 0) is 19.9 Å². The van der Waals surface area contributed by atoms with Gasteiger partial charge in [0.25, 0.3) is 0 Å². The van der Waals surface area contributed by atoms with Gasteiger partial charge >= 0.3 is 0 Å². The molecule has 0 heterocycles. The van der Waals surface area contributed by atoms with Crippen LogP contribution in [0.1, 0.15) is 19.4 Å². The molecule has 0 saturated carbocycles. The largest absolute Gasteiger partial charge is 0.506 e. The Morgan fingerprint density at radius 2 is 2.08 bits per heavy atom. The van der Waals surface area contributed by atoms with Crippen LogP contribution in [-0.4, -0.2) is 5.11 Å². The van der Waals surface area contributed by atoms with Crippen molar-refractivity contribution < 1.29 is 5.11 Å². The molecular weight excluding hydrogens is 182 g/mol. The number of phenolic OH excluding ortho intramolecular Hbond substituents is 1. The summed E-state index contributed by atoms with van der Waals surface area (Å²) in [6, 6.07) is 7.33. The molecule has 0 atom stereocenters. The van der Waals surface area contributed by atoms with E-state index in [4.69, 9.17) is 5.26 Å². The molecule has 1 N–H and O–H groups in total. The minimum Gasteiger partial charge on any atom is -0.506 e. The second-order valence-corrected chi connectivity index (χ2v) is 3.89. The first kappa shape index (κ1) is 9.94. The van der Waals surface area contributed by atoms with Crippen molar-refractivity contribution in [2.45, 2.75) is 24.2 Å². The maximum absolute atomic E-state index is 9.64. The number of rotatable bonds is 1. The summed E-state index contributed by atoms with van der Waals surface area (Å²) in [5.74, 6) is 0.0948. The Morgan fingerprint density at radius 3 is 2.62 bits per heavy atom. The Hall–Kier alpha value is -1.14. The summed E-state index contributed by atoms with van der Waals surface area (Å²) < 4.78 is 0. The Labute approximate surface area is 83.2 Å². The third-order valence-electron chi connectivity index (χ3n) is 1.97. The Kier molecular flexibility index (Phi) is 2.53. The second kappa shape index (κ2) is 3.31. The first-order valence-corrected chi connectivity index (χ1v) is 4.36. The molecule has 0 aliphatic rings. The van der Waals surface area contributed by atoms with Crippen LogP contribution in [0.2, 0.25) is 0 Å². The van der Waals surface area contributed by atoms with Gasteiger partial charge in [-0.3, -0.25) is 0 Å². The van der Waals surface area contributed by atoms with E-state index in [1.807, 2.05) is 0 Å². The van der Waals surface area contributed by atoms with Crippen LogP contribution in [0.25, 0.3) is 0 Å². The molecule has 68 valence electrons. The van der Waals surface area contributed by atoms with Gasteiger partial charge in [0.15, 0.2) is 0 Å². The number of aromatic hydroxyl groups is 1. The number of nitriles is 1. The number of hydrogen-bond donors (Lipinski definition) is 2. The molecule has 0 bridgehead atoms. The van der Waals surface area contributed by atoms with E-state index >= 15 is 0 Å². The molecule has 13 heavy (non-hydrogen) atoms. The van der Waals surface area contributed by atoms with Crippen molar-refractivity contribution in [3.8, 4) is 11.8 Å². The van der Waals surface area contributed by atoms with E-state index in [0.717, 1.165) is 0 Å². The summed E-state index contributed by atoms with van der Waals surface area (Å²) in [6.07, 6.45) is 0. The summed E-state index contributed by atoms with van der Waals surface area (Å²) in [6.45, 7) is 3.52. The molecule has 3 heteroatoms. The standard InChI is InChI=1S/C10H11NOS/c1-10(2,6-11)7-4-3-5-8(13)9(7)12/h3-5,12-13H,1-2H3. The van der Waals surface area contributed by atoms with Crippen LogP contribution < -0.4 is 0 Å². The fourth-order valence-corrected chi connectivity index (χ4v) is 1.30. The summed E-state index contributed by atoms with van der Waals surface area (Å²) in [4.78, 5) is 0.501. The highest BCUT2D eigenvalue weighted by atomic mass is 32.1. The summed E-state index contributed by atoms with van der Waals surface area (Å²) >= 11 is 4.08. The van der Waals surface area contributed by atoms with Crippen molar-refractivity contribution in [1.82, 2.24) is 0 Å². The van der Waals surface area contributed by atoms with Crippen molar-refractivity contribution in [2.75, 3.05) is 0 Å². The molecule has 0 amide bonds. The zero-order chi connectivity index (χ0) is 10.1. The smallest absolute Gasteiger partial charge is 0.133 e. The molecule has 0 aliphatic carbocycles. The second-order valence-electron chi connectivity index (χ2n) is 3.41. The van der Waals surface area contributed by atoms with Gasteiger partial charge in [-0.15, -0.1) is 12.6 Å². The molecule has 2 nitrogen and oxygen atoms in total. The molecule has 0 aliphatic heterocycles. The van der Waals surface area contributed by atoms with Gasteiger partial charge in [0.05, 0.1) is 11.5 Å². The lowest BCUT2D eigenvalue weighted by atomic mass is 9.86. The SMILES string of the molecule is CC(C)(C#N)c1cccc(S)c1O. The molecular formula is C10H11NOS. The molecule has 0 unspecified atom stereocenters. The average Bonchev–Trinajstić information content (AvgIpc) is 2.09. The van der Waals surface area contributed by atoms with Crippen LogP contribution in [-0.2, 0) is 5.41 Å². The number of nitrogens with zero attached hydrogens (tertiary/aromatic N) is 1. The van der Waals surface area contributed by atoms with Crippen LogP contribution in [0.5, 0.6) is 5.75 Å². The maximum atomic E-state index is 9.64. The quantitative estimate of drug-likeness (QED) is 0.673. The van der Waals surface area contributed by atoms with E-state index in [9.17, 15) is 5.11 Å². The predicted octanol–water partition coefficient (Wildman–Crippen LogP) is 2.48. The Balaban J connectivity index is 3.33. The molecule has 0 radical (unpaired) electrons. The fourth-order valence-electron chi connectivity index (χ4n) is 1.10. The van der Waals surface area contributed by atoms with Gasteiger partial charge in [-0.2, -0.15) is 5.26 Å². The van der Waals surface area contributed by atoms with E-state index in [1.165, 1.54) is 0 Å². The number of hydrogen-bond acceptors (Lipinski definition) is 3. The molecule has 0 saturated heterocycles. The van der Waals surface area contributed by atoms with Crippen molar-refractivity contribution in [2.24, 2.45) is 0 Å². The zero-order valence-corrected chi connectivity index (χ0v) is 8.47. The maximum Gasteiger partial charge on any atom is 0.133 e. The van der Waals surface area contributed by atoms with Gasteiger partial charge in [0, 0.05) is 10.5 Å². The molecule has 1 aromatic carbocycles. The van der Waals surface area contributed by atoms with Crippen LogP contribution in [0.3, 0.4) is 0 Å². The average molecular weight is 193 g/mol. The minimum absolute atomic E-state index is 0.0948. The third kappa shape index (κ3) is 1.78. The van der Waals surface area contributed by atoms with Gasteiger partial charge in [0.1, 0.15) is 5.75 Å². The normalized spacial score (nSPS) is 10.9. The van der Waals surface area contributed by atoms with E-state index in [0.29, 0.717) is 10.5 Å². The van der Waals surface area contributed by atoms with Gasteiger partial charge in [0.2, 0.25) is 0 Å². The van der Waals surface area contributed by atoms with Crippen molar-refractivity contribution in [1.29, 1.82) is 5.26 Å². The topological polar surface area (TPSA) is 44.0 Å². The van der Waals surface area contributed by atoms with Crippen molar-refractivity contribution >= 4 is 12.6 Å². The highest BCUT2D eigenvalue weighted by Crippen LogP contribution is 2.34.